The normalized spacial score (nSPS) is 13.4. The maximum Gasteiger partial charge on any atom is 0.282 e. The standard InChI is InChI=1S/C17H17ClF2N2O/c1-11(17(23)21-13-8-6-12(19)7-9-13)22(2)10-14-15(18)4-3-5-16(14)20/h3-9,11H,10H2,1-2H3,(H,21,23)/p+1/t11-/m1/s1. The van der Waals surface area contributed by atoms with Crippen LogP contribution < -0.4 is 10.2 Å². The van der Waals surface area contributed by atoms with Crippen LogP contribution in [0.4, 0.5) is 14.5 Å². The molecule has 0 saturated carbocycles. The highest BCUT2D eigenvalue weighted by Crippen LogP contribution is 2.17. The number of likely N-dealkylation sites (N-methyl/N-ethyl adjacent to an activating group) is 1. The summed E-state index contributed by atoms with van der Waals surface area (Å²) in [5.41, 5.74) is 0.896. The summed E-state index contributed by atoms with van der Waals surface area (Å²) in [6, 6.07) is 9.60. The average molecular weight is 340 g/mol. The zero-order valence-corrected chi connectivity index (χ0v) is 13.6. The number of carbonyl (C=O) groups excluding carboxylic acids is 1. The smallest absolute Gasteiger partial charge is 0.282 e. The number of anilines is 1. The van der Waals surface area contributed by atoms with E-state index < -0.39 is 6.04 Å². The van der Waals surface area contributed by atoms with E-state index in [1.54, 1.807) is 26.1 Å². The molecule has 1 unspecified atom stereocenters. The molecule has 0 spiro atoms. The maximum absolute atomic E-state index is 13.8. The molecule has 0 bridgehead atoms. The van der Waals surface area contributed by atoms with Gasteiger partial charge in [0.1, 0.15) is 18.2 Å². The lowest BCUT2D eigenvalue weighted by Gasteiger charge is -2.21. The summed E-state index contributed by atoms with van der Waals surface area (Å²) < 4.78 is 26.7. The molecule has 0 fully saturated rings. The van der Waals surface area contributed by atoms with Crippen LogP contribution in [0, 0.1) is 11.6 Å². The summed E-state index contributed by atoms with van der Waals surface area (Å²) in [7, 11) is 1.79. The molecule has 0 aliphatic rings. The van der Waals surface area contributed by atoms with E-state index in [0.29, 0.717) is 16.3 Å². The van der Waals surface area contributed by atoms with Crippen molar-refractivity contribution in [3.63, 3.8) is 0 Å². The second kappa shape index (κ2) is 7.53. The topological polar surface area (TPSA) is 33.5 Å². The molecule has 3 nitrogen and oxygen atoms in total. The number of benzene rings is 2. The minimum absolute atomic E-state index is 0.235. The fourth-order valence-corrected chi connectivity index (χ4v) is 2.37. The van der Waals surface area contributed by atoms with E-state index in [4.69, 9.17) is 11.6 Å². The molecule has 0 aromatic heterocycles. The number of nitrogens with one attached hydrogen (secondary N) is 2. The Labute approximate surface area is 138 Å². The highest BCUT2D eigenvalue weighted by molar-refractivity contribution is 6.31. The number of rotatable bonds is 5. The largest absolute Gasteiger partial charge is 0.323 e. The van der Waals surface area contributed by atoms with Gasteiger partial charge in [0.15, 0.2) is 6.04 Å². The first-order valence-corrected chi connectivity index (χ1v) is 7.58. The lowest BCUT2D eigenvalue weighted by atomic mass is 10.1. The summed E-state index contributed by atoms with van der Waals surface area (Å²) in [6.07, 6.45) is 0. The number of amides is 1. The Morgan fingerprint density at radius 2 is 1.87 bits per heavy atom. The fraction of sp³-hybridized carbons (Fsp3) is 0.235. The molecule has 0 aliphatic carbocycles. The monoisotopic (exact) mass is 339 g/mol. The second-order valence-electron chi connectivity index (χ2n) is 5.44. The Morgan fingerprint density at radius 3 is 2.48 bits per heavy atom. The van der Waals surface area contributed by atoms with E-state index >= 15 is 0 Å². The fourth-order valence-electron chi connectivity index (χ4n) is 2.14. The molecule has 2 aromatic carbocycles. The predicted molar refractivity (Wildman–Crippen MR) is 86.5 cm³/mol. The zero-order valence-electron chi connectivity index (χ0n) is 12.9. The van der Waals surface area contributed by atoms with Gasteiger partial charge in [-0.3, -0.25) is 4.79 Å². The Bertz CT molecular complexity index is 671. The highest BCUT2D eigenvalue weighted by atomic mass is 35.5. The quantitative estimate of drug-likeness (QED) is 0.862. The van der Waals surface area contributed by atoms with E-state index in [-0.39, 0.29) is 24.1 Å². The van der Waals surface area contributed by atoms with E-state index in [0.717, 1.165) is 4.90 Å². The van der Waals surface area contributed by atoms with Crippen LogP contribution in [0.2, 0.25) is 5.02 Å². The summed E-state index contributed by atoms with van der Waals surface area (Å²) in [6.45, 7) is 2.02. The van der Waals surface area contributed by atoms with Crippen molar-refractivity contribution in [1.82, 2.24) is 0 Å². The summed E-state index contributed by atoms with van der Waals surface area (Å²) in [4.78, 5) is 13.0. The molecule has 122 valence electrons. The third-order valence-corrected chi connectivity index (χ3v) is 4.12. The Balaban J connectivity index is 2.02. The molecule has 1 amide bonds. The van der Waals surface area contributed by atoms with Crippen molar-refractivity contribution < 1.29 is 18.5 Å². The van der Waals surface area contributed by atoms with E-state index in [9.17, 15) is 13.6 Å². The summed E-state index contributed by atoms with van der Waals surface area (Å²) in [5.74, 6) is -0.988. The number of hydrogen-bond acceptors (Lipinski definition) is 1. The van der Waals surface area contributed by atoms with Gasteiger partial charge in [-0.15, -0.1) is 0 Å². The number of hydrogen-bond donors (Lipinski definition) is 2. The number of quaternary nitrogens is 1. The van der Waals surface area contributed by atoms with Gasteiger partial charge in [0.25, 0.3) is 5.91 Å². The first-order valence-electron chi connectivity index (χ1n) is 7.20. The minimum Gasteiger partial charge on any atom is -0.323 e. The van der Waals surface area contributed by atoms with Crippen LogP contribution in [0.25, 0.3) is 0 Å². The van der Waals surface area contributed by atoms with E-state index in [1.807, 2.05) is 0 Å². The molecule has 2 aromatic rings. The lowest BCUT2D eigenvalue weighted by Crippen LogP contribution is -3.12. The molecule has 23 heavy (non-hydrogen) atoms. The molecule has 0 heterocycles. The molecule has 0 radical (unpaired) electrons. The van der Waals surface area contributed by atoms with Crippen molar-refractivity contribution in [2.45, 2.75) is 19.5 Å². The van der Waals surface area contributed by atoms with E-state index in [2.05, 4.69) is 5.32 Å². The maximum atomic E-state index is 13.8. The van der Waals surface area contributed by atoms with Gasteiger partial charge in [0.05, 0.1) is 17.6 Å². The summed E-state index contributed by atoms with van der Waals surface area (Å²) >= 11 is 6.01. The van der Waals surface area contributed by atoms with Gasteiger partial charge in [-0.1, -0.05) is 17.7 Å². The van der Waals surface area contributed by atoms with Gasteiger partial charge < -0.3 is 10.2 Å². The Hall–Kier alpha value is -1.98. The van der Waals surface area contributed by atoms with Crippen LogP contribution in [0.15, 0.2) is 42.5 Å². The molecular formula is C17H18ClF2N2O+. The van der Waals surface area contributed by atoms with Crippen LogP contribution in [-0.4, -0.2) is 19.0 Å². The molecule has 2 atom stereocenters. The molecule has 2 rings (SSSR count). The molecule has 6 heteroatoms. The minimum atomic E-state index is -0.435. The van der Waals surface area contributed by atoms with Gasteiger partial charge in [-0.2, -0.15) is 0 Å². The van der Waals surface area contributed by atoms with Crippen molar-refractivity contribution in [1.29, 1.82) is 0 Å². The van der Waals surface area contributed by atoms with Gasteiger partial charge in [0.2, 0.25) is 0 Å². The van der Waals surface area contributed by atoms with Gasteiger partial charge in [-0.05, 0) is 43.3 Å². The first-order chi connectivity index (χ1) is 10.9. The molecule has 0 aliphatic heterocycles. The molecule has 0 saturated heterocycles. The van der Waals surface area contributed by atoms with Crippen LogP contribution >= 0.6 is 11.6 Å². The number of halogens is 3. The predicted octanol–water partition coefficient (Wildman–Crippen LogP) is 2.66. The Morgan fingerprint density at radius 1 is 1.22 bits per heavy atom. The van der Waals surface area contributed by atoms with Gasteiger partial charge >= 0.3 is 0 Å². The van der Waals surface area contributed by atoms with E-state index in [1.165, 1.54) is 30.3 Å². The van der Waals surface area contributed by atoms with Crippen LogP contribution in [0.3, 0.4) is 0 Å². The molecule has 2 N–H and O–H groups in total. The zero-order chi connectivity index (χ0) is 17.0. The van der Waals surface area contributed by atoms with Crippen molar-refractivity contribution in [2.24, 2.45) is 0 Å². The second-order valence-corrected chi connectivity index (χ2v) is 5.85. The average Bonchev–Trinajstić information content (AvgIpc) is 2.52. The van der Waals surface area contributed by atoms with Crippen molar-refractivity contribution in [3.05, 3.63) is 64.7 Å². The van der Waals surface area contributed by atoms with Crippen LogP contribution in [-0.2, 0) is 11.3 Å². The van der Waals surface area contributed by atoms with Crippen molar-refractivity contribution in [2.75, 3.05) is 12.4 Å². The third-order valence-electron chi connectivity index (χ3n) is 3.76. The van der Waals surface area contributed by atoms with Crippen LogP contribution in [0.5, 0.6) is 0 Å². The van der Waals surface area contributed by atoms with Crippen molar-refractivity contribution >= 4 is 23.2 Å². The third kappa shape index (κ3) is 4.50. The van der Waals surface area contributed by atoms with Gasteiger partial charge in [0, 0.05) is 5.69 Å². The Kier molecular flexibility index (Phi) is 5.69. The SMILES string of the molecule is C[C@H](C(=O)Nc1ccc(F)cc1)[NH+](C)Cc1c(F)cccc1Cl. The van der Waals surface area contributed by atoms with Gasteiger partial charge in [-0.25, -0.2) is 8.78 Å². The van der Waals surface area contributed by atoms with Crippen molar-refractivity contribution in [3.8, 4) is 0 Å². The summed E-state index contributed by atoms with van der Waals surface area (Å²) in [5, 5.41) is 3.05. The first kappa shape index (κ1) is 17.4. The lowest BCUT2D eigenvalue weighted by molar-refractivity contribution is -0.908. The molecular weight excluding hydrogens is 322 g/mol. The number of carbonyl (C=O) groups is 1. The highest BCUT2D eigenvalue weighted by Gasteiger charge is 2.24. The van der Waals surface area contributed by atoms with Crippen LogP contribution in [0.1, 0.15) is 12.5 Å².